The van der Waals surface area contributed by atoms with Crippen LogP contribution in [0.2, 0.25) is 5.02 Å². The summed E-state index contributed by atoms with van der Waals surface area (Å²) in [5, 5.41) is 7.73. The number of benzene rings is 3. The van der Waals surface area contributed by atoms with E-state index >= 15 is 0 Å². The van der Waals surface area contributed by atoms with E-state index in [1.54, 1.807) is 0 Å². The highest BCUT2D eigenvalue weighted by atomic mass is 35.5. The Labute approximate surface area is 211 Å². The van der Waals surface area contributed by atoms with Crippen molar-refractivity contribution in [3.8, 4) is 22.6 Å². The first-order valence-electron chi connectivity index (χ1n) is 11.2. The first-order chi connectivity index (χ1) is 17.1. The molecule has 0 atom stereocenters. The van der Waals surface area contributed by atoms with Gasteiger partial charge >= 0.3 is 0 Å². The minimum absolute atomic E-state index is 0.0525. The van der Waals surface area contributed by atoms with Crippen LogP contribution in [0.3, 0.4) is 0 Å². The number of carbonyl (C=O) groups excluding carboxylic acids is 1. The largest absolute Gasteiger partial charge is 0.486 e. The third kappa shape index (κ3) is 5.23. The molecule has 1 aromatic heterocycles. The lowest BCUT2D eigenvalue weighted by Crippen LogP contribution is -2.22. The van der Waals surface area contributed by atoms with E-state index in [1.165, 1.54) is 18.5 Å². The van der Waals surface area contributed by atoms with Crippen molar-refractivity contribution in [2.75, 3.05) is 31.6 Å². The number of rotatable bonds is 7. The van der Waals surface area contributed by atoms with E-state index in [-0.39, 0.29) is 5.91 Å². The molecule has 1 amide bonds. The van der Waals surface area contributed by atoms with Crippen LogP contribution in [0.15, 0.2) is 59.6 Å². The Kier molecular flexibility index (Phi) is 6.83. The van der Waals surface area contributed by atoms with Crippen molar-refractivity contribution in [1.82, 2.24) is 9.69 Å². The number of carbonyl (C=O) groups is 1. The normalized spacial score (nSPS) is 12.7. The number of nitrogens with one attached hydrogen (secondary N) is 2. The van der Waals surface area contributed by atoms with Crippen LogP contribution >= 0.6 is 23.1 Å². The van der Waals surface area contributed by atoms with Gasteiger partial charge in [0.25, 0.3) is 0 Å². The number of fused-ring (bicyclic) bond motifs is 2. The molecule has 1 aliphatic rings. The molecule has 0 bridgehead atoms. The molecule has 0 unspecified atom stereocenters. The fraction of sp³-hybridized carbons (Fsp3) is 0.192. The molecule has 7 nitrogen and oxygen atoms in total. The van der Waals surface area contributed by atoms with E-state index in [1.807, 2.05) is 60.8 Å². The third-order valence-electron chi connectivity index (χ3n) is 5.46. The lowest BCUT2D eigenvalue weighted by atomic mass is 10.0. The zero-order chi connectivity index (χ0) is 24.2. The summed E-state index contributed by atoms with van der Waals surface area (Å²) in [6.07, 6.45) is 1.81. The van der Waals surface area contributed by atoms with Gasteiger partial charge in [0, 0.05) is 30.6 Å². The van der Waals surface area contributed by atoms with E-state index in [9.17, 15) is 4.79 Å². The average molecular weight is 507 g/mol. The second-order valence-corrected chi connectivity index (χ2v) is 9.14. The van der Waals surface area contributed by atoms with Crippen molar-refractivity contribution in [3.05, 3.63) is 65.2 Å². The van der Waals surface area contributed by atoms with Crippen molar-refractivity contribution in [2.45, 2.75) is 6.92 Å². The summed E-state index contributed by atoms with van der Waals surface area (Å²) in [5.74, 6) is 2.17. The highest BCUT2D eigenvalue weighted by molar-refractivity contribution is 7.13. The van der Waals surface area contributed by atoms with Crippen LogP contribution in [0.5, 0.6) is 11.5 Å². The highest BCUT2D eigenvalue weighted by Crippen LogP contribution is 2.40. The molecule has 35 heavy (non-hydrogen) atoms. The standard InChI is InChI=1S/C26H23ClN4O3S/c1-16(32)29-10-9-28-15-17-5-7-20-24(13-17)35-31-26(20)30-21-4-2-3-19(25(21)27)18-6-8-22-23(14-18)34-12-11-33-22/h2-8,13-15H,9-12H2,1H3,(H,29,32)(H,30,31). The number of ether oxygens (including phenoxy) is 2. The number of amides is 1. The van der Waals surface area contributed by atoms with Gasteiger partial charge in [0.15, 0.2) is 17.3 Å². The Balaban J connectivity index is 1.35. The Morgan fingerprint density at radius 3 is 2.86 bits per heavy atom. The zero-order valence-corrected chi connectivity index (χ0v) is 20.6. The molecular weight excluding hydrogens is 484 g/mol. The molecule has 0 fully saturated rings. The molecule has 3 aromatic carbocycles. The number of nitrogens with zero attached hydrogens (tertiary/aromatic N) is 2. The van der Waals surface area contributed by atoms with Crippen LogP contribution in [0.4, 0.5) is 11.5 Å². The van der Waals surface area contributed by atoms with E-state index < -0.39 is 0 Å². The summed E-state index contributed by atoms with van der Waals surface area (Å²) in [6.45, 7) is 3.64. The fourth-order valence-corrected chi connectivity index (χ4v) is 4.85. The van der Waals surface area contributed by atoms with Crippen molar-refractivity contribution in [3.63, 3.8) is 0 Å². The first-order valence-corrected chi connectivity index (χ1v) is 12.3. The third-order valence-corrected chi connectivity index (χ3v) is 6.67. The summed E-state index contributed by atoms with van der Waals surface area (Å²) in [4.78, 5) is 15.3. The van der Waals surface area contributed by atoms with Crippen molar-refractivity contribution >= 4 is 56.8 Å². The van der Waals surface area contributed by atoms with Gasteiger partial charge in [-0.1, -0.05) is 35.9 Å². The number of hydrogen-bond acceptors (Lipinski definition) is 7. The van der Waals surface area contributed by atoms with Gasteiger partial charge in [0.05, 0.1) is 22.0 Å². The van der Waals surface area contributed by atoms with E-state index in [0.29, 0.717) is 31.3 Å². The highest BCUT2D eigenvalue weighted by Gasteiger charge is 2.16. The van der Waals surface area contributed by atoms with E-state index in [2.05, 4.69) is 20.0 Å². The molecule has 0 spiro atoms. The molecule has 2 N–H and O–H groups in total. The first kappa shape index (κ1) is 23.1. The predicted molar refractivity (Wildman–Crippen MR) is 142 cm³/mol. The van der Waals surface area contributed by atoms with Crippen molar-refractivity contribution in [2.24, 2.45) is 4.99 Å². The number of anilines is 2. The Morgan fingerprint density at radius 2 is 2.00 bits per heavy atom. The van der Waals surface area contributed by atoms with Crippen LogP contribution in [0.1, 0.15) is 12.5 Å². The average Bonchev–Trinajstić information content (AvgIpc) is 3.26. The minimum Gasteiger partial charge on any atom is -0.486 e. The Bertz CT molecular complexity index is 1420. The van der Waals surface area contributed by atoms with Crippen molar-refractivity contribution < 1.29 is 14.3 Å². The summed E-state index contributed by atoms with van der Waals surface area (Å²) in [7, 11) is 0. The topological polar surface area (TPSA) is 84.8 Å². The lowest BCUT2D eigenvalue weighted by Gasteiger charge is -2.19. The summed E-state index contributed by atoms with van der Waals surface area (Å²) >= 11 is 8.23. The Morgan fingerprint density at radius 1 is 1.14 bits per heavy atom. The van der Waals surface area contributed by atoms with Gasteiger partial charge in [-0.05, 0) is 53.0 Å². The second kappa shape index (κ2) is 10.3. The maximum Gasteiger partial charge on any atom is 0.216 e. The smallest absolute Gasteiger partial charge is 0.216 e. The summed E-state index contributed by atoms with van der Waals surface area (Å²) in [5.41, 5.74) is 3.60. The molecule has 1 aliphatic heterocycles. The lowest BCUT2D eigenvalue weighted by molar-refractivity contribution is -0.118. The fourth-order valence-electron chi connectivity index (χ4n) is 3.78. The van der Waals surface area contributed by atoms with Gasteiger partial charge in [-0.25, -0.2) is 0 Å². The van der Waals surface area contributed by atoms with E-state index in [4.69, 9.17) is 21.1 Å². The molecule has 9 heteroatoms. The van der Waals surface area contributed by atoms with Gasteiger partial charge < -0.3 is 20.1 Å². The van der Waals surface area contributed by atoms with Crippen LogP contribution in [-0.4, -0.2) is 42.8 Å². The van der Waals surface area contributed by atoms with E-state index in [0.717, 1.165) is 49.8 Å². The molecule has 0 radical (unpaired) electrons. The van der Waals surface area contributed by atoms with Gasteiger partial charge in [0.1, 0.15) is 13.2 Å². The SMILES string of the molecule is CC(=O)NCCN=Cc1ccc2c(Nc3cccc(-c4ccc5c(c4)OCCO5)c3Cl)nsc2c1. The van der Waals surface area contributed by atoms with Gasteiger partial charge in [0.2, 0.25) is 5.91 Å². The van der Waals surface area contributed by atoms with Crippen molar-refractivity contribution in [1.29, 1.82) is 0 Å². The minimum atomic E-state index is -0.0525. The summed E-state index contributed by atoms with van der Waals surface area (Å²) in [6, 6.07) is 17.8. The van der Waals surface area contributed by atoms with Gasteiger partial charge in [-0.15, -0.1) is 0 Å². The van der Waals surface area contributed by atoms with Crippen LogP contribution in [0.25, 0.3) is 21.2 Å². The maximum absolute atomic E-state index is 10.9. The van der Waals surface area contributed by atoms with Crippen LogP contribution in [0, 0.1) is 0 Å². The molecule has 178 valence electrons. The zero-order valence-electron chi connectivity index (χ0n) is 19.0. The predicted octanol–water partition coefficient (Wildman–Crippen LogP) is 5.69. The molecule has 0 saturated heterocycles. The quantitative estimate of drug-likeness (QED) is 0.248. The molecule has 4 aromatic rings. The molecule has 2 heterocycles. The summed E-state index contributed by atoms with van der Waals surface area (Å²) < 4.78 is 17.0. The van der Waals surface area contributed by atoms with Gasteiger partial charge in [-0.2, -0.15) is 4.37 Å². The van der Waals surface area contributed by atoms with Crippen LogP contribution in [-0.2, 0) is 4.79 Å². The van der Waals surface area contributed by atoms with Gasteiger partial charge in [-0.3, -0.25) is 9.79 Å². The Hall–Kier alpha value is -3.62. The molecule has 5 rings (SSSR count). The number of halogens is 1. The second-order valence-electron chi connectivity index (χ2n) is 7.96. The number of aliphatic imine (C=N–C) groups is 1. The molecule has 0 saturated carbocycles. The maximum atomic E-state index is 10.9. The molecule has 0 aliphatic carbocycles. The number of aromatic nitrogens is 1. The monoisotopic (exact) mass is 506 g/mol. The van der Waals surface area contributed by atoms with Crippen LogP contribution < -0.4 is 20.1 Å². The number of hydrogen-bond donors (Lipinski definition) is 2. The molecular formula is C26H23ClN4O3S.